The fourth-order valence-corrected chi connectivity index (χ4v) is 4.27. The molecular weight excluding hydrogens is 433 g/mol. The molecule has 3 aromatic rings. The van der Waals surface area contributed by atoms with Crippen LogP contribution >= 0.6 is 23.2 Å². The molecule has 2 unspecified atom stereocenters. The van der Waals surface area contributed by atoms with Crippen molar-refractivity contribution in [2.24, 2.45) is 0 Å². The van der Waals surface area contributed by atoms with Gasteiger partial charge in [0.1, 0.15) is 6.10 Å². The number of nitrogens with zero attached hydrogens (tertiary/aromatic N) is 2. The SMILES string of the molecule is CC(C)(C)c1ccc(NCC2COC(Cn3ccnc3)(c3ccc(Cl)cc3Cl)O2)cc1. The Labute approximate surface area is 193 Å². The first-order valence-corrected chi connectivity index (χ1v) is 11.1. The van der Waals surface area contributed by atoms with Crippen LogP contribution in [0.3, 0.4) is 0 Å². The molecule has 2 heterocycles. The molecule has 1 N–H and O–H groups in total. The second kappa shape index (κ2) is 8.83. The molecule has 0 aliphatic carbocycles. The average Bonchev–Trinajstić information content (AvgIpc) is 3.37. The first-order chi connectivity index (χ1) is 14.7. The molecule has 1 aliphatic heterocycles. The summed E-state index contributed by atoms with van der Waals surface area (Å²) in [5.41, 5.74) is 3.24. The zero-order valence-electron chi connectivity index (χ0n) is 17.9. The summed E-state index contributed by atoms with van der Waals surface area (Å²) in [6.45, 7) is 8.13. The highest BCUT2D eigenvalue weighted by Crippen LogP contribution is 2.40. The van der Waals surface area contributed by atoms with Crippen LogP contribution in [0.5, 0.6) is 0 Å². The van der Waals surface area contributed by atoms with Gasteiger partial charge in [0, 0.05) is 35.2 Å². The molecule has 0 saturated carbocycles. The van der Waals surface area contributed by atoms with E-state index in [9.17, 15) is 0 Å². The third-order valence-corrected chi connectivity index (χ3v) is 5.98. The van der Waals surface area contributed by atoms with Gasteiger partial charge < -0.3 is 19.4 Å². The Morgan fingerprint density at radius 3 is 2.58 bits per heavy atom. The van der Waals surface area contributed by atoms with Crippen LogP contribution in [0.1, 0.15) is 31.9 Å². The van der Waals surface area contributed by atoms with Crippen LogP contribution in [-0.4, -0.2) is 28.8 Å². The van der Waals surface area contributed by atoms with E-state index in [4.69, 9.17) is 32.7 Å². The van der Waals surface area contributed by atoms with Crippen molar-refractivity contribution >= 4 is 28.9 Å². The molecule has 0 radical (unpaired) electrons. The number of anilines is 1. The Morgan fingerprint density at radius 2 is 1.94 bits per heavy atom. The van der Waals surface area contributed by atoms with Crippen molar-refractivity contribution in [1.82, 2.24) is 9.55 Å². The molecule has 7 heteroatoms. The third kappa shape index (κ3) is 5.07. The molecule has 2 atom stereocenters. The summed E-state index contributed by atoms with van der Waals surface area (Å²) in [4.78, 5) is 4.13. The first-order valence-electron chi connectivity index (χ1n) is 10.3. The van der Waals surface area contributed by atoms with Gasteiger partial charge in [0.2, 0.25) is 5.79 Å². The minimum Gasteiger partial charge on any atom is -0.382 e. The number of benzene rings is 2. The normalized spacial score (nSPS) is 21.4. The monoisotopic (exact) mass is 459 g/mol. The van der Waals surface area contributed by atoms with Crippen LogP contribution in [-0.2, 0) is 27.2 Å². The molecule has 1 fully saturated rings. The van der Waals surface area contributed by atoms with Crippen molar-refractivity contribution in [2.75, 3.05) is 18.5 Å². The van der Waals surface area contributed by atoms with E-state index in [1.807, 2.05) is 16.8 Å². The van der Waals surface area contributed by atoms with Gasteiger partial charge >= 0.3 is 0 Å². The quantitative estimate of drug-likeness (QED) is 0.500. The van der Waals surface area contributed by atoms with E-state index in [0.717, 1.165) is 11.3 Å². The maximum atomic E-state index is 6.53. The van der Waals surface area contributed by atoms with Crippen molar-refractivity contribution in [1.29, 1.82) is 0 Å². The molecule has 2 aromatic carbocycles. The Hall–Kier alpha value is -2.05. The minimum atomic E-state index is -1.01. The second-order valence-electron chi connectivity index (χ2n) is 8.87. The smallest absolute Gasteiger partial charge is 0.215 e. The highest BCUT2D eigenvalue weighted by molar-refractivity contribution is 6.35. The zero-order chi connectivity index (χ0) is 22.1. The van der Waals surface area contributed by atoms with Gasteiger partial charge in [0.05, 0.1) is 24.5 Å². The molecular formula is C24H27Cl2N3O2. The number of hydrogen-bond acceptors (Lipinski definition) is 4. The molecule has 1 saturated heterocycles. The number of halogens is 2. The van der Waals surface area contributed by atoms with Crippen molar-refractivity contribution in [3.05, 3.63) is 82.4 Å². The van der Waals surface area contributed by atoms with E-state index >= 15 is 0 Å². The van der Waals surface area contributed by atoms with Crippen molar-refractivity contribution in [3.8, 4) is 0 Å². The summed E-state index contributed by atoms with van der Waals surface area (Å²) in [6, 6.07) is 13.9. The Bertz CT molecular complexity index is 1020. The number of rotatable bonds is 6. The van der Waals surface area contributed by atoms with E-state index in [1.165, 1.54) is 5.56 Å². The fraction of sp³-hybridized carbons (Fsp3) is 0.375. The lowest BCUT2D eigenvalue weighted by Crippen LogP contribution is -2.34. The summed E-state index contributed by atoms with van der Waals surface area (Å²) < 4.78 is 14.6. The van der Waals surface area contributed by atoms with Crippen LogP contribution in [0.25, 0.3) is 0 Å². The molecule has 164 valence electrons. The highest BCUT2D eigenvalue weighted by Gasteiger charge is 2.45. The van der Waals surface area contributed by atoms with Gasteiger partial charge in [-0.2, -0.15) is 0 Å². The Balaban J connectivity index is 1.49. The largest absolute Gasteiger partial charge is 0.382 e. The van der Waals surface area contributed by atoms with Crippen LogP contribution in [0.4, 0.5) is 5.69 Å². The average molecular weight is 460 g/mol. The van der Waals surface area contributed by atoms with Gasteiger partial charge in [0.15, 0.2) is 0 Å². The molecule has 1 aromatic heterocycles. The van der Waals surface area contributed by atoms with Gasteiger partial charge in [-0.1, -0.05) is 62.2 Å². The maximum absolute atomic E-state index is 6.53. The molecule has 0 spiro atoms. The molecule has 0 amide bonds. The number of nitrogens with one attached hydrogen (secondary N) is 1. The first kappa shape index (κ1) is 22.2. The van der Waals surface area contributed by atoms with Crippen molar-refractivity contribution in [2.45, 2.75) is 44.6 Å². The lowest BCUT2D eigenvalue weighted by atomic mass is 9.87. The summed E-state index contributed by atoms with van der Waals surface area (Å²) in [7, 11) is 0. The number of imidazole rings is 1. The Kier molecular flexibility index (Phi) is 6.31. The second-order valence-corrected chi connectivity index (χ2v) is 9.71. The number of ether oxygens (including phenoxy) is 2. The van der Waals surface area contributed by atoms with Gasteiger partial charge in [-0.05, 0) is 35.2 Å². The van der Waals surface area contributed by atoms with Gasteiger partial charge in [0.25, 0.3) is 0 Å². The third-order valence-electron chi connectivity index (χ3n) is 5.44. The van der Waals surface area contributed by atoms with Crippen molar-refractivity contribution < 1.29 is 9.47 Å². The van der Waals surface area contributed by atoms with Crippen LogP contribution in [0.2, 0.25) is 10.0 Å². The molecule has 5 nitrogen and oxygen atoms in total. The minimum absolute atomic E-state index is 0.131. The summed E-state index contributed by atoms with van der Waals surface area (Å²) in [5.74, 6) is -1.01. The van der Waals surface area contributed by atoms with Crippen LogP contribution < -0.4 is 5.32 Å². The number of aromatic nitrogens is 2. The zero-order valence-corrected chi connectivity index (χ0v) is 19.5. The van der Waals surface area contributed by atoms with E-state index in [1.54, 1.807) is 24.7 Å². The van der Waals surface area contributed by atoms with Crippen LogP contribution in [0.15, 0.2) is 61.2 Å². The van der Waals surface area contributed by atoms with Crippen molar-refractivity contribution in [3.63, 3.8) is 0 Å². The van der Waals surface area contributed by atoms with Gasteiger partial charge in [-0.25, -0.2) is 4.98 Å². The van der Waals surface area contributed by atoms with E-state index in [2.05, 4.69) is 55.3 Å². The highest BCUT2D eigenvalue weighted by atomic mass is 35.5. The topological polar surface area (TPSA) is 48.3 Å². The van der Waals surface area contributed by atoms with E-state index in [-0.39, 0.29) is 11.5 Å². The van der Waals surface area contributed by atoms with E-state index in [0.29, 0.717) is 29.7 Å². The lowest BCUT2D eigenvalue weighted by molar-refractivity contribution is -0.185. The summed E-state index contributed by atoms with van der Waals surface area (Å²) in [5, 5.41) is 4.54. The molecule has 0 bridgehead atoms. The van der Waals surface area contributed by atoms with Gasteiger partial charge in [-0.15, -0.1) is 0 Å². The predicted octanol–water partition coefficient (Wildman–Crippen LogP) is 5.87. The Morgan fingerprint density at radius 1 is 1.16 bits per heavy atom. The number of hydrogen-bond donors (Lipinski definition) is 1. The maximum Gasteiger partial charge on any atom is 0.215 e. The molecule has 1 aliphatic rings. The van der Waals surface area contributed by atoms with Gasteiger partial charge in [-0.3, -0.25) is 0 Å². The lowest BCUT2D eigenvalue weighted by Gasteiger charge is -2.30. The van der Waals surface area contributed by atoms with Crippen LogP contribution in [0, 0.1) is 0 Å². The standard InChI is InChI=1S/C24H27Cl2N3O2/c1-23(2,3)17-4-7-19(8-5-17)28-13-20-14-30-24(31-20,15-29-11-10-27-16-29)21-9-6-18(25)12-22(21)26/h4-12,16,20,28H,13-15H2,1-3H3. The molecule has 4 rings (SSSR count). The van der Waals surface area contributed by atoms with E-state index < -0.39 is 5.79 Å². The molecule has 31 heavy (non-hydrogen) atoms. The summed E-state index contributed by atoms with van der Waals surface area (Å²) in [6.07, 6.45) is 5.20. The summed E-state index contributed by atoms with van der Waals surface area (Å²) >= 11 is 12.6. The fourth-order valence-electron chi connectivity index (χ4n) is 3.71. The predicted molar refractivity (Wildman–Crippen MR) is 125 cm³/mol.